The van der Waals surface area contributed by atoms with Gasteiger partial charge in [0, 0.05) is 0 Å². The quantitative estimate of drug-likeness (QED) is 0.0264. The Labute approximate surface area is 548 Å². The van der Waals surface area contributed by atoms with Crippen LogP contribution in [0.5, 0.6) is 0 Å². The van der Waals surface area contributed by atoms with Crippen molar-refractivity contribution >= 4 is 131 Å². The van der Waals surface area contributed by atoms with E-state index in [9.17, 15) is 0 Å². The Kier molecular flexibility index (Phi) is 32.5. The van der Waals surface area contributed by atoms with E-state index >= 15 is 0 Å². The molecule has 7 aromatic rings. The number of fused-ring (bicyclic) bond motifs is 2. The van der Waals surface area contributed by atoms with Crippen molar-refractivity contribution in [3.8, 4) is 40.4 Å². The minimum absolute atomic E-state index is 1.19. The second kappa shape index (κ2) is 38.4. The van der Waals surface area contributed by atoms with Crippen LogP contribution in [0.2, 0.25) is 29.6 Å². The van der Waals surface area contributed by atoms with Gasteiger partial charge in [0.2, 0.25) is 0 Å². The summed E-state index contributed by atoms with van der Waals surface area (Å²) in [6.45, 7) is 9.36. The first-order valence-corrected chi connectivity index (χ1v) is 60.2. The minimum atomic E-state index is -2.52. The van der Waals surface area contributed by atoms with Crippen molar-refractivity contribution in [2.24, 2.45) is 0 Å². The predicted molar refractivity (Wildman–Crippen MR) is 400 cm³/mol. The van der Waals surface area contributed by atoms with E-state index < -0.39 is 36.8 Å². The molecular formula is C76H118S6Sn2. The summed E-state index contributed by atoms with van der Waals surface area (Å²) in [5.74, 6) is 0. The first kappa shape index (κ1) is 71.0. The van der Waals surface area contributed by atoms with Gasteiger partial charge in [-0.1, -0.05) is 195 Å². The number of hydrogen-bond acceptors (Lipinski definition) is 6. The van der Waals surface area contributed by atoms with E-state index in [2.05, 4.69) is 174 Å². The summed E-state index contributed by atoms with van der Waals surface area (Å²) >= 11 is 7.91. The maximum atomic E-state index is 2.76. The van der Waals surface area contributed by atoms with Crippen LogP contribution in [0.4, 0.5) is 0 Å². The molecule has 84 heavy (non-hydrogen) atoms. The summed E-state index contributed by atoms with van der Waals surface area (Å²) in [4.78, 5) is 28.3. The van der Waals surface area contributed by atoms with Gasteiger partial charge in [-0.3, -0.25) is 0 Å². The van der Waals surface area contributed by atoms with Crippen LogP contribution in [0.15, 0.2) is 48.5 Å². The van der Waals surface area contributed by atoms with E-state index in [0.29, 0.717) is 0 Å². The molecule has 0 spiro atoms. The monoisotopic (exact) mass is 1460 g/mol. The Balaban J connectivity index is 1.14. The van der Waals surface area contributed by atoms with E-state index in [1.165, 1.54) is 276 Å². The predicted octanol–water partition coefficient (Wildman–Crippen LogP) is 28.4. The molecule has 0 saturated heterocycles. The summed E-state index contributed by atoms with van der Waals surface area (Å²) in [6, 6.07) is 21.0. The molecule has 0 unspecified atom stereocenters. The third-order valence-corrected chi connectivity index (χ3v) is 44.2. The van der Waals surface area contributed by atoms with Crippen molar-refractivity contribution < 1.29 is 0 Å². The van der Waals surface area contributed by atoms with E-state index in [1.54, 1.807) is 67.7 Å². The number of aryl methyl sites for hydroxylation is 4. The van der Waals surface area contributed by atoms with Crippen LogP contribution in [-0.2, 0) is 25.7 Å². The Morgan fingerprint density at radius 2 is 0.548 bits per heavy atom. The second-order valence-corrected chi connectivity index (χ2v) is 65.1. The van der Waals surface area contributed by atoms with Crippen LogP contribution < -0.4 is 5.79 Å². The molecule has 0 bridgehead atoms. The van der Waals surface area contributed by atoms with Crippen molar-refractivity contribution in [1.82, 2.24) is 0 Å². The van der Waals surface area contributed by atoms with Crippen molar-refractivity contribution in [3.63, 3.8) is 0 Å². The van der Waals surface area contributed by atoms with Crippen LogP contribution in [-0.4, -0.2) is 36.8 Å². The molecule has 1 aromatic carbocycles. The Bertz CT molecular complexity index is 2660. The molecule has 6 heterocycles. The van der Waals surface area contributed by atoms with Crippen LogP contribution in [0.3, 0.4) is 0 Å². The maximum absolute atomic E-state index is 2.76. The standard InChI is InChI=1S/C70H100S6.6CH3.2Sn/c1-5-9-13-17-19-21-23-25-27-29-31-33-35-39-43-57-45-47-61(73-57)67-55(41-37-15-11-7-3)53-63(75-67)65-59-49-51-72-70(59)66(60-50-52-71-69(60)65)64-54-56(42-38-16-12-8-4)68(76-64)62-48-46-58(74-62)44-40-36-34-32-30-28-26-24-22-20-18-14-10-6-2;;;;;;;;/h45-50,53-54H,5-44H2,1-4H3;6*1H3;;. The normalized spacial score (nSPS) is 12.4. The Hall–Kier alpha value is -0.463. The van der Waals surface area contributed by atoms with Crippen molar-refractivity contribution in [1.29, 1.82) is 0 Å². The van der Waals surface area contributed by atoms with Gasteiger partial charge in [0.25, 0.3) is 0 Å². The first-order valence-electron chi connectivity index (χ1n) is 35.3. The average Bonchev–Trinajstić information content (AvgIpc) is 1.74. The molecule has 8 heteroatoms. The fourth-order valence-corrected chi connectivity index (χ4v) is 30.6. The molecular weight excluding hydrogens is 1340 g/mol. The van der Waals surface area contributed by atoms with Crippen molar-refractivity contribution in [3.05, 3.63) is 69.4 Å². The zero-order valence-electron chi connectivity index (χ0n) is 55.4. The summed E-state index contributed by atoms with van der Waals surface area (Å²) in [5, 5.41) is 3.12. The van der Waals surface area contributed by atoms with E-state index in [1.807, 2.05) is 0 Å². The summed E-state index contributed by atoms with van der Waals surface area (Å²) in [6.07, 6.45) is 55.1. The number of hydrogen-bond donors (Lipinski definition) is 0. The number of thiophene rings is 6. The molecule has 0 aliphatic heterocycles. The Morgan fingerprint density at radius 3 is 0.845 bits per heavy atom. The molecule has 0 atom stereocenters. The number of benzene rings is 1. The van der Waals surface area contributed by atoms with Gasteiger partial charge in [-0.25, -0.2) is 0 Å². The first-order chi connectivity index (χ1) is 40.8. The third-order valence-electron chi connectivity index (χ3n) is 18.0. The molecule has 7 rings (SSSR count). The van der Waals surface area contributed by atoms with Gasteiger partial charge in [0.15, 0.2) is 0 Å². The van der Waals surface area contributed by atoms with Gasteiger partial charge >= 0.3 is 360 Å². The van der Waals surface area contributed by atoms with Crippen LogP contribution >= 0.6 is 68.0 Å². The van der Waals surface area contributed by atoms with Crippen molar-refractivity contribution in [2.75, 3.05) is 0 Å². The zero-order chi connectivity index (χ0) is 59.6. The van der Waals surface area contributed by atoms with Crippen LogP contribution in [0.25, 0.3) is 60.6 Å². The van der Waals surface area contributed by atoms with Gasteiger partial charge in [-0.2, -0.15) is 0 Å². The topological polar surface area (TPSA) is 0 Å². The molecule has 6 aromatic heterocycles. The number of rotatable bonds is 46. The molecule has 0 amide bonds. The van der Waals surface area contributed by atoms with Gasteiger partial charge < -0.3 is 0 Å². The van der Waals surface area contributed by atoms with Gasteiger partial charge in [-0.05, 0) is 0 Å². The van der Waals surface area contributed by atoms with E-state index in [0.717, 1.165) is 0 Å². The number of unbranched alkanes of at least 4 members (excludes halogenated alkanes) is 32. The molecule has 0 aliphatic carbocycles. The van der Waals surface area contributed by atoms with E-state index in [-0.39, 0.29) is 0 Å². The molecule has 0 N–H and O–H groups in total. The second-order valence-electron chi connectivity index (χ2n) is 27.7. The Morgan fingerprint density at radius 1 is 0.274 bits per heavy atom. The van der Waals surface area contributed by atoms with Gasteiger partial charge in [-0.15, -0.1) is 0 Å². The van der Waals surface area contributed by atoms with Crippen molar-refractivity contribution in [2.45, 2.75) is 314 Å². The van der Waals surface area contributed by atoms with E-state index in [4.69, 9.17) is 0 Å². The van der Waals surface area contributed by atoms with Gasteiger partial charge in [0.1, 0.15) is 0 Å². The summed E-state index contributed by atoms with van der Waals surface area (Å²) in [5.41, 5.74) is 6.35. The molecule has 0 nitrogen and oxygen atoms in total. The molecule has 0 fully saturated rings. The molecule has 466 valence electrons. The van der Waals surface area contributed by atoms with Crippen LogP contribution in [0.1, 0.15) is 280 Å². The van der Waals surface area contributed by atoms with Crippen LogP contribution in [0, 0.1) is 0 Å². The average molecular weight is 1460 g/mol. The summed E-state index contributed by atoms with van der Waals surface area (Å²) in [7, 11) is 0. The molecule has 0 radical (unpaired) electrons. The molecule has 0 saturated carbocycles. The zero-order valence-corrected chi connectivity index (χ0v) is 66.0. The summed E-state index contributed by atoms with van der Waals surface area (Å²) < 4.78 is 6.60. The third kappa shape index (κ3) is 22.4. The fourth-order valence-electron chi connectivity index (χ4n) is 12.6. The van der Waals surface area contributed by atoms with Gasteiger partial charge in [0.05, 0.1) is 0 Å². The molecule has 0 aliphatic rings. The SMILES string of the molecule is CCCCCCCCCCCCCCCCc1ccc(-c2sc(-c3c4c[c]([Sn]([CH3])([CH3])[CH3])sc4c(-c4cc(CCCCCC)c(-c5ccc(CCCCCCCCCCCCCCCC)s5)s4)c4c[c]([Sn]([CH3])([CH3])[CH3])sc34)cc2CCCCCC)s1. The fraction of sp³-hybridized carbons (Fsp3) is 0.658.